The van der Waals surface area contributed by atoms with Crippen LogP contribution >= 0.6 is 0 Å². The van der Waals surface area contributed by atoms with Crippen molar-refractivity contribution in [3.63, 3.8) is 0 Å². The van der Waals surface area contributed by atoms with Crippen molar-refractivity contribution in [3.8, 4) is 5.75 Å². The zero-order valence-corrected chi connectivity index (χ0v) is 21.6. The Labute approximate surface area is 191 Å². The minimum atomic E-state index is 0.0874. The molecule has 0 fully saturated rings. The summed E-state index contributed by atoms with van der Waals surface area (Å²) in [5, 5.41) is 10.3. The molecule has 2 aromatic rings. The summed E-state index contributed by atoms with van der Waals surface area (Å²) in [6.45, 7) is 21.7. The van der Waals surface area contributed by atoms with Gasteiger partial charge in [0, 0.05) is 19.3 Å². The van der Waals surface area contributed by atoms with E-state index in [0.29, 0.717) is 11.7 Å². The van der Waals surface area contributed by atoms with Crippen LogP contribution in [0.4, 0.5) is 5.69 Å². The molecule has 31 heavy (non-hydrogen) atoms. The highest BCUT2D eigenvalue weighted by atomic mass is 16.3. The number of rotatable bonds is 6. The molecule has 0 saturated carbocycles. The summed E-state index contributed by atoms with van der Waals surface area (Å²) >= 11 is 0. The van der Waals surface area contributed by atoms with E-state index >= 15 is 0 Å². The van der Waals surface area contributed by atoms with Crippen LogP contribution in [-0.4, -0.2) is 18.7 Å². The van der Waals surface area contributed by atoms with Crippen LogP contribution in [0.5, 0.6) is 5.75 Å². The van der Waals surface area contributed by atoms with E-state index in [1.165, 1.54) is 16.8 Å². The molecule has 2 nitrogen and oxygen atoms in total. The maximum Gasteiger partial charge on any atom is 0.118 e. The third-order valence-corrected chi connectivity index (χ3v) is 6.58. The fraction of sp³-hybridized carbons (Fsp3) is 0.586. The van der Waals surface area contributed by atoms with E-state index in [0.717, 1.165) is 24.9 Å². The van der Waals surface area contributed by atoms with Crippen molar-refractivity contribution in [1.29, 1.82) is 0 Å². The Morgan fingerprint density at radius 1 is 0.839 bits per heavy atom. The Bertz CT molecular complexity index is 862. The summed E-state index contributed by atoms with van der Waals surface area (Å²) in [7, 11) is 2.22. The largest absolute Gasteiger partial charge is 0.508 e. The zero-order valence-electron chi connectivity index (χ0n) is 21.6. The average molecular weight is 424 g/mol. The molecule has 0 bridgehead atoms. The van der Waals surface area contributed by atoms with Gasteiger partial charge in [0.1, 0.15) is 5.75 Å². The first-order chi connectivity index (χ1) is 14.1. The first kappa shape index (κ1) is 25.3. The molecular weight excluding hydrogens is 378 g/mol. The monoisotopic (exact) mass is 423 g/mol. The van der Waals surface area contributed by atoms with Crippen molar-refractivity contribution in [2.45, 2.75) is 86.0 Å². The highest BCUT2D eigenvalue weighted by molar-refractivity contribution is 5.58. The number of phenols is 1. The Balaban J connectivity index is 2.26. The number of benzene rings is 2. The molecule has 1 atom stereocenters. The van der Waals surface area contributed by atoms with Crippen molar-refractivity contribution in [2.24, 2.45) is 11.3 Å². The lowest BCUT2D eigenvalue weighted by Gasteiger charge is -2.35. The number of anilines is 1. The summed E-state index contributed by atoms with van der Waals surface area (Å²) in [6.07, 6.45) is 1.98. The van der Waals surface area contributed by atoms with Crippen molar-refractivity contribution in [2.75, 3.05) is 18.5 Å². The first-order valence-electron chi connectivity index (χ1n) is 11.7. The van der Waals surface area contributed by atoms with Crippen LogP contribution in [0.1, 0.15) is 85.4 Å². The molecule has 2 rings (SSSR count). The van der Waals surface area contributed by atoms with Gasteiger partial charge in [-0.1, -0.05) is 92.6 Å². The molecule has 1 unspecified atom stereocenters. The van der Waals surface area contributed by atoms with Crippen LogP contribution in [0.25, 0.3) is 0 Å². The summed E-state index contributed by atoms with van der Waals surface area (Å²) < 4.78 is 0. The van der Waals surface area contributed by atoms with Gasteiger partial charge >= 0.3 is 0 Å². The van der Waals surface area contributed by atoms with Crippen LogP contribution in [0.2, 0.25) is 0 Å². The quantitative estimate of drug-likeness (QED) is 0.514. The van der Waals surface area contributed by atoms with Gasteiger partial charge in [-0.25, -0.2) is 0 Å². The van der Waals surface area contributed by atoms with E-state index in [1.54, 1.807) is 6.07 Å². The third kappa shape index (κ3) is 6.76. The summed E-state index contributed by atoms with van der Waals surface area (Å²) in [4.78, 5) is 2.43. The van der Waals surface area contributed by atoms with Gasteiger partial charge in [0.15, 0.2) is 0 Å². The van der Waals surface area contributed by atoms with Gasteiger partial charge in [-0.3, -0.25) is 0 Å². The average Bonchev–Trinajstić information content (AvgIpc) is 2.63. The van der Waals surface area contributed by atoms with E-state index in [1.807, 2.05) is 12.1 Å². The Hall–Kier alpha value is -1.96. The summed E-state index contributed by atoms with van der Waals surface area (Å²) in [5.74, 6) is 0.896. The molecule has 2 heteroatoms. The maximum atomic E-state index is 10.3. The molecule has 0 amide bonds. The van der Waals surface area contributed by atoms with Crippen molar-refractivity contribution in [3.05, 3.63) is 59.2 Å². The predicted octanol–water partition coefficient (Wildman–Crippen LogP) is 7.72. The molecule has 0 aromatic heterocycles. The smallest absolute Gasteiger partial charge is 0.118 e. The number of para-hydroxylation sites is 1. The molecule has 0 radical (unpaired) electrons. The first-order valence-corrected chi connectivity index (χ1v) is 11.7. The number of hydrogen-bond acceptors (Lipinski definition) is 2. The van der Waals surface area contributed by atoms with Gasteiger partial charge in [0.2, 0.25) is 0 Å². The van der Waals surface area contributed by atoms with E-state index in [9.17, 15) is 5.11 Å². The van der Waals surface area contributed by atoms with E-state index in [4.69, 9.17) is 0 Å². The lowest BCUT2D eigenvalue weighted by atomic mass is 9.75. The second-order valence-electron chi connectivity index (χ2n) is 12.3. The minimum absolute atomic E-state index is 0.0874. The van der Waals surface area contributed by atoms with Gasteiger partial charge in [0.05, 0.1) is 0 Å². The van der Waals surface area contributed by atoms with E-state index in [-0.39, 0.29) is 16.2 Å². The molecule has 0 aliphatic rings. The van der Waals surface area contributed by atoms with Crippen LogP contribution in [0.3, 0.4) is 0 Å². The fourth-order valence-corrected chi connectivity index (χ4v) is 4.20. The van der Waals surface area contributed by atoms with Gasteiger partial charge in [0.25, 0.3) is 0 Å². The van der Waals surface area contributed by atoms with Crippen molar-refractivity contribution < 1.29 is 5.11 Å². The molecule has 0 heterocycles. The van der Waals surface area contributed by atoms with Gasteiger partial charge < -0.3 is 10.0 Å². The second-order valence-corrected chi connectivity index (χ2v) is 12.3. The Morgan fingerprint density at radius 2 is 1.45 bits per heavy atom. The number of phenolic OH excluding ortho intramolecular Hbond substituents is 1. The van der Waals surface area contributed by atoms with Crippen molar-refractivity contribution in [1.82, 2.24) is 0 Å². The van der Waals surface area contributed by atoms with E-state index < -0.39 is 0 Å². The zero-order chi connectivity index (χ0) is 23.6. The molecule has 172 valence electrons. The molecule has 2 aromatic carbocycles. The fourth-order valence-electron chi connectivity index (χ4n) is 4.20. The lowest BCUT2D eigenvalue weighted by Crippen LogP contribution is -2.30. The Kier molecular flexibility index (Phi) is 7.56. The molecule has 0 aliphatic heterocycles. The van der Waals surface area contributed by atoms with E-state index in [2.05, 4.69) is 98.5 Å². The van der Waals surface area contributed by atoms with Crippen LogP contribution in [-0.2, 0) is 17.3 Å². The van der Waals surface area contributed by atoms with Crippen molar-refractivity contribution >= 4 is 5.69 Å². The van der Waals surface area contributed by atoms with Gasteiger partial charge in [-0.15, -0.1) is 0 Å². The maximum absolute atomic E-state index is 10.3. The Morgan fingerprint density at radius 3 is 1.97 bits per heavy atom. The normalized spacial score (nSPS) is 13.9. The summed E-state index contributed by atoms with van der Waals surface area (Å²) in [5.41, 5.74) is 5.59. The standard InChI is InChI=1S/C29H45NO/c1-27(2,3)22-15-16-25(24(20-22)29(7,8)9)30(10)18-17-23(28(4,5)6)19-21-13-11-12-14-26(21)31/h11-16,20,23,31H,17-19H2,1-10H3. The van der Waals surface area contributed by atoms with Gasteiger partial charge in [-0.2, -0.15) is 0 Å². The van der Waals surface area contributed by atoms with Crippen LogP contribution in [0.15, 0.2) is 42.5 Å². The highest BCUT2D eigenvalue weighted by Crippen LogP contribution is 2.37. The summed E-state index contributed by atoms with van der Waals surface area (Å²) in [6, 6.07) is 14.8. The third-order valence-electron chi connectivity index (χ3n) is 6.58. The highest BCUT2D eigenvalue weighted by Gasteiger charge is 2.27. The SMILES string of the molecule is CN(CCC(Cc1ccccc1O)C(C)(C)C)c1ccc(C(C)(C)C)cc1C(C)(C)C. The molecule has 0 aliphatic carbocycles. The topological polar surface area (TPSA) is 23.5 Å². The number of hydrogen-bond donors (Lipinski definition) is 1. The molecule has 1 N–H and O–H groups in total. The van der Waals surface area contributed by atoms with Crippen LogP contribution in [0, 0.1) is 11.3 Å². The number of nitrogens with zero attached hydrogens (tertiary/aromatic N) is 1. The van der Waals surface area contributed by atoms with Gasteiger partial charge in [-0.05, 0) is 63.8 Å². The molecular formula is C29H45NO. The predicted molar refractivity (Wildman–Crippen MR) is 136 cm³/mol. The second kappa shape index (κ2) is 9.27. The molecule has 0 saturated heterocycles. The minimum Gasteiger partial charge on any atom is -0.508 e. The number of aromatic hydroxyl groups is 1. The lowest BCUT2D eigenvalue weighted by molar-refractivity contribution is 0.225. The van der Waals surface area contributed by atoms with Crippen LogP contribution < -0.4 is 4.90 Å². The molecule has 0 spiro atoms.